The zero-order chi connectivity index (χ0) is 28.5. The molecule has 3 rings (SSSR count). The second-order valence-electron chi connectivity index (χ2n) is 8.35. The number of amides is 2. The number of nitrogens with one attached hydrogen (secondary N) is 2. The fourth-order valence-electron chi connectivity index (χ4n) is 3.49. The number of thioether (sulfide) groups is 1. The molecule has 0 saturated heterocycles. The number of benzene rings is 1. The highest BCUT2D eigenvalue weighted by atomic mass is 32.2. The summed E-state index contributed by atoms with van der Waals surface area (Å²) >= 11 is 2.13. The van der Waals surface area contributed by atoms with Crippen LogP contribution in [-0.2, 0) is 39.1 Å². The van der Waals surface area contributed by atoms with E-state index in [9.17, 15) is 19.2 Å². The average molecular weight is 574 g/mol. The summed E-state index contributed by atoms with van der Waals surface area (Å²) in [5, 5.41) is 13.9. The van der Waals surface area contributed by atoms with E-state index < -0.39 is 23.1 Å². The van der Waals surface area contributed by atoms with Crippen molar-refractivity contribution in [1.29, 1.82) is 0 Å². The summed E-state index contributed by atoms with van der Waals surface area (Å²) in [4.78, 5) is 50.5. The first-order valence-electron chi connectivity index (χ1n) is 12.3. The molecule has 1 atom stereocenters. The monoisotopic (exact) mass is 573 g/mol. The minimum Gasteiger partial charge on any atom is -0.462 e. The molecule has 0 aliphatic heterocycles. The number of esters is 2. The lowest BCUT2D eigenvalue weighted by Gasteiger charge is -2.12. The van der Waals surface area contributed by atoms with Crippen molar-refractivity contribution in [2.75, 3.05) is 18.5 Å². The minimum absolute atomic E-state index is 0.127. The lowest BCUT2D eigenvalue weighted by molar-refractivity contribution is -0.120. The van der Waals surface area contributed by atoms with E-state index in [0.29, 0.717) is 16.5 Å². The molecular weight excluding hydrogens is 542 g/mol. The van der Waals surface area contributed by atoms with Crippen LogP contribution in [0.15, 0.2) is 35.5 Å². The number of thiophene rings is 1. The lowest BCUT2D eigenvalue weighted by atomic mass is 10.1. The van der Waals surface area contributed by atoms with Crippen molar-refractivity contribution in [1.82, 2.24) is 20.1 Å². The molecule has 0 aliphatic rings. The van der Waals surface area contributed by atoms with Crippen molar-refractivity contribution >= 4 is 51.9 Å². The van der Waals surface area contributed by atoms with Crippen molar-refractivity contribution in [3.63, 3.8) is 0 Å². The second kappa shape index (κ2) is 13.9. The van der Waals surface area contributed by atoms with Crippen LogP contribution < -0.4 is 10.6 Å². The number of ether oxygens (including phenoxy) is 2. The summed E-state index contributed by atoms with van der Waals surface area (Å²) in [6.07, 6.45) is 0.255. The van der Waals surface area contributed by atoms with Crippen LogP contribution in [0.2, 0.25) is 0 Å². The standard InChI is InChI=1S/C26H31N5O6S2/c1-6-36-24(34)20-15(3)21(25(35)37-7-2)39-23(20)28-22(33)16(4)38-26-30-29-18(31(26)5)14-27-19(32)13-17-11-9-8-10-12-17/h8-12,16H,6-7,13-14H2,1-5H3,(H,27,32)(H,28,33). The summed E-state index contributed by atoms with van der Waals surface area (Å²) < 4.78 is 11.9. The third-order valence-electron chi connectivity index (χ3n) is 5.55. The van der Waals surface area contributed by atoms with Crippen molar-refractivity contribution in [2.45, 2.75) is 51.1 Å². The Balaban J connectivity index is 1.66. The van der Waals surface area contributed by atoms with Crippen LogP contribution in [0, 0.1) is 6.92 Å². The summed E-state index contributed by atoms with van der Waals surface area (Å²) in [6.45, 7) is 7.16. The van der Waals surface area contributed by atoms with Crippen LogP contribution in [0.25, 0.3) is 0 Å². The molecule has 3 aromatic rings. The molecule has 0 bridgehead atoms. The van der Waals surface area contributed by atoms with E-state index in [2.05, 4.69) is 20.8 Å². The smallest absolute Gasteiger partial charge is 0.348 e. The molecule has 208 valence electrons. The maximum atomic E-state index is 13.1. The van der Waals surface area contributed by atoms with Gasteiger partial charge < -0.3 is 24.7 Å². The van der Waals surface area contributed by atoms with Gasteiger partial charge in [-0.25, -0.2) is 9.59 Å². The van der Waals surface area contributed by atoms with Gasteiger partial charge in [-0.2, -0.15) is 0 Å². The molecule has 1 aromatic carbocycles. The molecule has 1 unspecified atom stereocenters. The van der Waals surface area contributed by atoms with Crippen LogP contribution >= 0.6 is 23.1 Å². The van der Waals surface area contributed by atoms with Crippen molar-refractivity contribution < 1.29 is 28.7 Å². The summed E-state index contributed by atoms with van der Waals surface area (Å²) in [7, 11) is 1.75. The lowest BCUT2D eigenvalue weighted by Crippen LogP contribution is -2.26. The molecular formula is C26H31N5O6S2. The fraction of sp³-hybridized carbons (Fsp3) is 0.385. The van der Waals surface area contributed by atoms with Gasteiger partial charge >= 0.3 is 11.9 Å². The normalized spacial score (nSPS) is 11.5. The Bertz CT molecular complexity index is 1340. The van der Waals surface area contributed by atoms with Crippen LogP contribution in [0.5, 0.6) is 0 Å². The van der Waals surface area contributed by atoms with Gasteiger partial charge in [0, 0.05) is 7.05 Å². The van der Waals surface area contributed by atoms with E-state index in [1.54, 1.807) is 39.3 Å². The topological polar surface area (TPSA) is 142 Å². The number of carbonyl (C=O) groups is 4. The Morgan fingerprint density at radius 3 is 2.38 bits per heavy atom. The maximum absolute atomic E-state index is 13.1. The van der Waals surface area contributed by atoms with Gasteiger partial charge in [0.05, 0.1) is 37.0 Å². The molecule has 0 radical (unpaired) electrons. The van der Waals surface area contributed by atoms with E-state index in [1.165, 1.54) is 11.8 Å². The summed E-state index contributed by atoms with van der Waals surface area (Å²) in [5.74, 6) is -1.22. The average Bonchev–Trinajstić information content (AvgIpc) is 3.42. The van der Waals surface area contributed by atoms with Gasteiger partial charge in [0.2, 0.25) is 11.8 Å². The first-order valence-corrected chi connectivity index (χ1v) is 14.0. The number of nitrogens with zero attached hydrogens (tertiary/aromatic N) is 3. The van der Waals surface area contributed by atoms with Crippen LogP contribution in [-0.4, -0.2) is 57.0 Å². The zero-order valence-corrected chi connectivity index (χ0v) is 24.0. The molecule has 2 N–H and O–H groups in total. The number of hydrogen-bond acceptors (Lipinski definition) is 10. The molecule has 2 aromatic heterocycles. The van der Waals surface area contributed by atoms with Gasteiger partial charge in [-0.15, -0.1) is 21.5 Å². The van der Waals surface area contributed by atoms with E-state index in [4.69, 9.17) is 9.47 Å². The fourth-order valence-corrected chi connectivity index (χ4v) is 5.42. The molecule has 2 heterocycles. The third kappa shape index (κ3) is 7.67. The first-order chi connectivity index (χ1) is 18.7. The number of rotatable bonds is 12. The molecule has 0 aliphatic carbocycles. The Labute approximate surface area is 234 Å². The largest absolute Gasteiger partial charge is 0.462 e. The number of anilines is 1. The molecule has 11 nitrogen and oxygen atoms in total. The first kappa shape index (κ1) is 29.8. The SMILES string of the molecule is CCOC(=O)c1sc(NC(=O)C(C)Sc2nnc(CNC(=O)Cc3ccccc3)n2C)c(C(=O)OCC)c1C. The zero-order valence-electron chi connectivity index (χ0n) is 22.4. The summed E-state index contributed by atoms with van der Waals surface area (Å²) in [5.41, 5.74) is 1.42. The Morgan fingerprint density at radius 1 is 1.05 bits per heavy atom. The van der Waals surface area contributed by atoms with Gasteiger partial charge in [-0.3, -0.25) is 9.59 Å². The quantitative estimate of drug-likeness (QED) is 0.246. The summed E-state index contributed by atoms with van der Waals surface area (Å²) in [6, 6.07) is 9.41. The van der Waals surface area contributed by atoms with Gasteiger partial charge in [-0.05, 0) is 38.8 Å². The molecule has 2 amide bonds. The van der Waals surface area contributed by atoms with E-state index in [1.807, 2.05) is 30.3 Å². The van der Waals surface area contributed by atoms with Crippen LogP contribution in [0.1, 0.15) is 57.8 Å². The van der Waals surface area contributed by atoms with Gasteiger partial charge in [0.25, 0.3) is 0 Å². The predicted octanol–water partition coefficient (Wildman–Crippen LogP) is 3.52. The highest BCUT2D eigenvalue weighted by Crippen LogP contribution is 2.35. The molecule has 0 saturated carbocycles. The maximum Gasteiger partial charge on any atom is 0.348 e. The van der Waals surface area contributed by atoms with Crippen LogP contribution in [0.3, 0.4) is 0 Å². The molecule has 0 fully saturated rings. The molecule has 39 heavy (non-hydrogen) atoms. The molecule has 0 spiro atoms. The Kier molecular flexibility index (Phi) is 10.6. The van der Waals surface area contributed by atoms with Crippen molar-refractivity contribution in [3.8, 4) is 0 Å². The Morgan fingerprint density at radius 2 is 1.72 bits per heavy atom. The highest BCUT2D eigenvalue weighted by molar-refractivity contribution is 8.00. The van der Waals surface area contributed by atoms with Gasteiger partial charge in [0.15, 0.2) is 11.0 Å². The number of hydrogen-bond donors (Lipinski definition) is 2. The number of carbonyl (C=O) groups excluding carboxylic acids is 4. The van der Waals surface area contributed by atoms with E-state index in [0.717, 1.165) is 16.9 Å². The predicted molar refractivity (Wildman–Crippen MR) is 148 cm³/mol. The Hall–Kier alpha value is -3.71. The third-order valence-corrected chi connectivity index (χ3v) is 7.87. The minimum atomic E-state index is -0.635. The van der Waals surface area contributed by atoms with Crippen molar-refractivity contribution in [3.05, 3.63) is 57.7 Å². The van der Waals surface area contributed by atoms with E-state index in [-0.39, 0.29) is 47.5 Å². The van der Waals surface area contributed by atoms with E-state index >= 15 is 0 Å². The van der Waals surface area contributed by atoms with Crippen molar-refractivity contribution in [2.24, 2.45) is 7.05 Å². The molecule has 13 heteroatoms. The van der Waals surface area contributed by atoms with Gasteiger partial charge in [0.1, 0.15) is 9.88 Å². The van der Waals surface area contributed by atoms with Crippen LogP contribution in [0.4, 0.5) is 5.00 Å². The number of aromatic nitrogens is 3. The second-order valence-corrected chi connectivity index (χ2v) is 10.7. The van der Waals surface area contributed by atoms with Gasteiger partial charge in [-0.1, -0.05) is 42.1 Å². The highest BCUT2D eigenvalue weighted by Gasteiger charge is 2.29.